The summed E-state index contributed by atoms with van der Waals surface area (Å²) in [5.41, 5.74) is 0.972. The average Bonchev–Trinajstić information content (AvgIpc) is 3.28. The van der Waals surface area contributed by atoms with Gasteiger partial charge in [-0.1, -0.05) is 19.1 Å². The van der Waals surface area contributed by atoms with Gasteiger partial charge < -0.3 is 9.84 Å². The van der Waals surface area contributed by atoms with Gasteiger partial charge in [0.2, 0.25) is 0 Å². The lowest BCUT2D eigenvalue weighted by molar-refractivity contribution is 0.0923. The minimum atomic E-state index is -0.425. The van der Waals surface area contributed by atoms with E-state index in [0.717, 1.165) is 36.8 Å². The van der Waals surface area contributed by atoms with Crippen LogP contribution in [0.2, 0.25) is 0 Å². The molecule has 0 spiro atoms. The van der Waals surface area contributed by atoms with Crippen molar-refractivity contribution < 1.29 is 9.84 Å². The van der Waals surface area contributed by atoms with Gasteiger partial charge in [-0.3, -0.25) is 4.90 Å². The summed E-state index contributed by atoms with van der Waals surface area (Å²) in [6.07, 6.45) is 3.28. The molecule has 1 aromatic carbocycles. The molecule has 0 aliphatic heterocycles. The van der Waals surface area contributed by atoms with Crippen molar-refractivity contribution in [1.82, 2.24) is 4.90 Å². The number of ether oxygens (including phenoxy) is 1. The predicted octanol–water partition coefficient (Wildman–Crippen LogP) is 3.63. The zero-order valence-corrected chi connectivity index (χ0v) is 13.6. The first-order valence-corrected chi connectivity index (χ1v) is 8.25. The van der Waals surface area contributed by atoms with Crippen molar-refractivity contribution in [3.8, 4) is 5.75 Å². The summed E-state index contributed by atoms with van der Waals surface area (Å²) in [5.74, 6) is 1.73. The molecule has 0 heterocycles. The minimum absolute atomic E-state index is 0.425. The Balaban J connectivity index is 1.89. The number of hydrogen-bond acceptors (Lipinski definition) is 3. The Labute approximate surface area is 128 Å². The maximum absolute atomic E-state index is 10.5. The Morgan fingerprint density at radius 1 is 1.24 bits per heavy atom. The molecule has 21 heavy (non-hydrogen) atoms. The third-order valence-corrected chi connectivity index (χ3v) is 4.07. The lowest BCUT2D eigenvalue weighted by Crippen LogP contribution is -2.36. The van der Waals surface area contributed by atoms with Gasteiger partial charge in [-0.2, -0.15) is 0 Å². The summed E-state index contributed by atoms with van der Waals surface area (Å²) in [6, 6.07) is 8.34. The first kappa shape index (κ1) is 16.3. The fraction of sp³-hybridized carbons (Fsp3) is 0.667. The van der Waals surface area contributed by atoms with Gasteiger partial charge in [-0.15, -0.1) is 0 Å². The van der Waals surface area contributed by atoms with Crippen molar-refractivity contribution in [2.75, 3.05) is 19.7 Å². The summed E-state index contributed by atoms with van der Waals surface area (Å²) in [4.78, 5) is 2.39. The molecule has 1 N–H and O–H groups in total. The second-order valence-electron chi connectivity index (χ2n) is 6.42. The second kappa shape index (κ2) is 7.81. The maximum Gasteiger partial charge on any atom is 0.119 e. The molecule has 0 bridgehead atoms. The molecule has 0 amide bonds. The van der Waals surface area contributed by atoms with E-state index in [2.05, 4.69) is 25.7 Å². The fourth-order valence-corrected chi connectivity index (χ4v) is 2.46. The van der Waals surface area contributed by atoms with Crippen LogP contribution in [0.5, 0.6) is 5.75 Å². The van der Waals surface area contributed by atoms with E-state index in [0.29, 0.717) is 12.6 Å². The number of rotatable bonds is 9. The van der Waals surface area contributed by atoms with Crippen molar-refractivity contribution in [2.45, 2.75) is 52.2 Å². The molecular weight excluding hydrogens is 262 g/mol. The lowest BCUT2D eigenvalue weighted by atomic mass is 10.1. The van der Waals surface area contributed by atoms with Crippen LogP contribution in [0.25, 0.3) is 0 Å². The van der Waals surface area contributed by atoms with Gasteiger partial charge in [0.15, 0.2) is 0 Å². The van der Waals surface area contributed by atoms with Crippen LogP contribution in [-0.2, 0) is 0 Å². The third-order valence-electron chi connectivity index (χ3n) is 4.07. The van der Waals surface area contributed by atoms with E-state index in [-0.39, 0.29) is 0 Å². The molecule has 1 aliphatic carbocycles. The maximum atomic E-state index is 10.5. The molecule has 1 atom stereocenters. The van der Waals surface area contributed by atoms with Crippen molar-refractivity contribution in [2.24, 2.45) is 5.92 Å². The summed E-state index contributed by atoms with van der Waals surface area (Å²) < 4.78 is 5.58. The highest BCUT2D eigenvalue weighted by molar-refractivity contribution is 5.28. The van der Waals surface area contributed by atoms with Crippen LogP contribution in [0.4, 0.5) is 0 Å². The highest BCUT2D eigenvalue weighted by atomic mass is 16.5. The second-order valence-corrected chi connectivity index (χ2v) is 6.42. The van der Waals surface area contributed by atoms with Gasteiger partial charge in [0, 0.05) is 19.1 Å². The van der Waals surface area contributed by atoms with Crippen molar-refractivity contribution in [3.05, 3.63) is 29.8 Å². The lowest BCUT2D eigenvalue weighted by Gasteiger charge is -2.29. The largest absolute Gasteiger partial charge is 0.494 e. The monoisotopic (exact) mass is 291 g/mol. The van der Waals surface area contributed by atoms with E-state index >= 15 is 0 Å². The van der Waals surface area contributed by atoms with Crippen LogP contribution >= 0.6 is 0 Å². The minimum Gasteiger partial charge on any atom is -0.494 e. The quantitative estimate of drug-likeness (QED) is 0.754. The number of benzene rings is 1. The molecule has 0 radical (unpaired) electrons. The first-order valence-electron chi connectivity index (χ1n) is 8.25. The number of hydrogen-bond donors (Lipinski definition) is 1. The zero-order chi connectivity index (χ0) is 15.2. The normalized spacial score (nSPS) is 16.5. The van der Waals surface area contributed by atoms with Gasteiger partial charge in [0.1, 0.15) is 5.75 Å². The van der Waals surface area contributed by atoms with Gasteiger partial charge in [-0.25, -0.2) is 0 Å². The third kappa shape index (κ3) is 5.33. The number of nitrogens with zero attached hydrogens (tertiary/aromatic N) is 1. The topological polar surface area (TPSA) is 32.7 Å². The Hall–Kier alpha value is -1.06. The highest BCUT2D eigenvalue weighted by Gasteiger charge is 2.26. The zero-order valence-electron chi connectivity index (χ0n) is 13.6. The van der Waals surface area contributed by atoms with Crippen molar-refractivity contribution >= 4 is 0 Å². The first-order chi connectivity index (χ1) is 10.1. The molecule has 3 nitrogen and oxygen atoms in total. The standard InChI is InChI=1S/C18H29NO2/c1-4-11-21-17-9-7-16(8-10-17)18(20)13-19(14(2)3)12-15-5-6-15/h7-10,14-15,18,20H,4-6,11-13H2,1-3H3. The molecule has 118 valence electrons. The molecule has 1 saturated carbocycles. The van der Waals surface area contributed by atoms with E-state index in [1.54, 1.807) is 0 Å². The number of aliphatic hydroxyl groups is 1. The van der Waals surface area contributed by atoms with Gasteiger partial charge in [0.05, 0.1) is 12.7 Å². The van der Waals surface area contributed by atoms with Crippen LogP contribution in [0.3, 0.4) is 0 Å². The highest BCUT2D eigenvalue weighted by Crippen LogP contribution is 2.31. The Morgan fingerprint density at radius 3 is 2.43 bits per heavy atom. The fourth-order valence-electron chi connectivity index (χ4n) is 2.46. The van der Waals surface area contributed by atoms with Gasteiger partial charge >= 0.3 is 0 Å². The van der Waals surface area contributed by atoms with E-state index in [9.17, 15) is 5.11 Å². The van der Waals surface area contributed by atoms with E-state index in [1.165, 1.54) is 12.8 Å². The van der Waals surface area contributed by atoms with Crippen LogP contribution in [0.15, 0.2) is 24.3 Å². The van der Waals surface area contributed by atoms with E-state index in [4.69, 9.17) is 4.74 Å². The van der Waals surface area contributed by atoms with Crippen LogP contribution in [-0.4, -0.2) is 35.7 Å². The molecule has 1 aliphatic rings. The van der Waals surface area contributed by atoms with E-state index in [1.807, 2.05) is 24.3 Å². The van der Waals surface area contributed by atoms with Crippen molar-refractivity contribution in [1.29, 1.82) is 0 Å². The van der Waals surface area contributed by atoms with Crippen molar-refractivity contribution in [3.63, 3.8) is 0 Å². The smallest absolute Gasteiger partial charge is 0.119 e. The molecule has 1 unspecified atom stereocenters. The molecule has 2 rings (SSSR count). The Morgan fingerprint density at radius 2 is 1.90 bits per heavy atom. The summed E-state index contributed by atoms with van der Waals surface area (Å²) in [5, 5.41) is 10.5. The molecule has 0 saturated heterocycles. The molecule has 1 aromatic rings. The Kier molecular flexibility index (Phi) is 6.07. The van der Waals surface area contributed by atoms with Crippen LogP contribution in [0, 0.1) is 5.92 Å². The van der Waals surface area contributed by atoms with Crippen LogP contribution < -0.4 is 4.74 Å². The Bertz CT molecular complexity index is 412. The molecule has 0 aromatic heterocycles. The van der Waals surface area contributed by atoms with Gasteiger partial charge in [-0.05, 0) is 56.7 Å². The van der Waals surface area contributed by atoms with Gasteiger partial charge in [0.25, 0.3) is 0 Å². The number of aliphatic hydroxyl groups excluding tert-OH is 1. The summed E-state index contributed by atoms with van der Waals surface area (Å²) in [7, 11) is 0. The molecular formula is C18H29NO2. The predicted molar refractivity (Wildman–Crippen MR) is 86.6 cm³/mol. The SMILES string of the molecule is CCCOc1ccc(C(O)CN(CC2CC2)C(C)C)cc1. The van der Waals surface area contributed by atoms with Crippen LogP contribution in [0.1, 0.15) is 51.7 Å². The molecule has 1 fully saturated rings. The molecule has 3 heteroatoms. The average molecular weight is 291 g/mol. The summed E-state index contributed by atoms with van der Waals surface area (Å²) >= 11 is 0. The van der Waals surface area contributed by atoms with E-state index < -0.39 is 6.10 Å². The summed E-state index contributed by atoms with van der Waals surface area (Å²) in [6.45, 7) is 9.08.